The van der Waals surface area contributed by atoms with Gasteiger partial charge in [-0.25, -0.2) is 4.99 Å². The first-order chi connectivity index (χ1) is 10.0. The first-order valence-electron chi connectivity index (χ1n) is 7.53. The summed E-state index contributed by atoms with van der Waals surface area (Å²) < 4.78 is 0. The molecule has 0 spiro atoms. The van der Waals surface area contributed by atoms with Gasteiger partial charge < -0.3 is 11.1 Å². The molecule has 0 aliphatic carbocycles. The van der Waals surface area contributed by atoms with Gasteiger partial charge in [-0.2, -0.15) is 0 Å². The summed E-state index contributed by atoms with van der Waals surface area (Å²) in [5, 5.41) is 3.04. The number of nitrogens with zero attached hydrogens (tertiary/aromatic N) is 2. The van der Waals surface area contributed by atoms with Gasteiger partial charge in [0.1, 0.15) is 0 Å². The molecule has 116 valence electrons. The molecule has 3 N–H and O–H groups in total. The van der Waals surface area contributed by atoms with E-state index in [9.17, 15) is 0 Å². The van der Waals surface area contributed by atoms with Crippen LogP contribution in [0.5, 0.6) is 0 Å². The normalized spacial score (nSPS) is 11.7. The van der Waals surface area contributed by atoms with Crippen molar-refractivity contribution in [1.82, 2.24) is 10.2 Å². The van der Waals surface area contributed by atoms with Crippen molar-refractivity contribution in [2.75, 3.05) is 19.6 Å². The summed E-state index contributed by atoms with van der Waals surface area (Å²) in [5.74, 6) is 0.465. The largest absolute Gasteiger partial charge is 0.370 e. The molecule has 4 heteroatoms. The van der Waals surface area contributed by atoms with Crippen molar-refractivity contribution in [3.05, 3.63) is 47.5 Å². The van der Waals surface area contributed by atoms with Gasteiger partial charge >= 0.3 is 0 Å². The van der Waals surface area contributed by atoms with Gasteiger partial charge in [-0.3, -0.25) is 4.90 Å². The molecule has 0 unspecified atom stereocenters. The number of nitrogens with two attached hydrogens (primary N) is 1. The summed E-state index contributed by atoms with van der Waals surface area (Å²) in [4.78, 5) is 6.75. The summed E-state index contributed by atoms with van der Waals surface area (Å²) >= 11 is 0. The third-order valence-corrected chi connectivity index (χ3v) is 3.30. The van der Waals surface area contributed by atoms with Gasteiger partial charge in [0.2, 0.25) is 0 Å². The Morgan fingerprint density at radius 2 is 1.95 bits per heavy atom. The predicted octanol–water partition coefficient (Wildman–Crippen LogP) is 2.51. The number of nitrogens with one attached hydrogen (secondary N) is 1. The Kier molecular flexibility index (Phi) is 7.54. The van der Waals surface area contributed by atoms with Gasteiger partial charge in [0.15, 0.2) is 5.96 Å². The maximum absolute atomic E-state index is 5.82. The van der Waals surface area contributed by atoms with Crippen molar-refractivity contribution in [1.29, 1.82) is 0 Å². The molecule has 1 aromatic carbocycles. The summed E-state index contributed by atoms with van der Waals surface area (Å²) in [6.45, 7) is 14.5. The minimum Gasteiger partial charge on any atom is -0.370 e. The van der Waals surface area contributed by atoms with Crippen molar-refractivity contribution in [2.24, 2.45) is 10.7 Å². The minimum atomic E-state index is 0.465. The second kappa shape index (κ2) is 9.19. The van der Waals surface area contributed by atoms with Gasteiger partial charge in [-0.05, 0) is 31.1 Å². The molecule has 0 aromatic heterocycles. The molecular formula is C17H28N4. The standard InChI is InChI=1S/C17H28N4/c1-5-21(6-2)13-16-9-7-8-15(10-16)12-20-17(18)19-11-14(3)4/h7-10H,3,5-6,11-13H2,1-2,4H3,(H3,18,19,20). The molecule has 0 bridgehead atoms. The number of hydrogen-bond acceptors (Lipinski definition) is 2. The van der Waals surface area contributed by atoms with E-state index in [2.05, 4.69) is 59.9 Å². The van der Waals surface area contributed by atoms with E-state index in [4.69, 9.17) is 5.73 Å². The highest BCUT2D eigenvalue weighted by Gasteiger charge is 2.02. The minimum absolute atomic E-state index is 0.465. The van der Waals surface area contributed by atoms with E-state index in [1.807, 2.05) is 6.92 Å². The Bertz CT molecular complexity index is 475. The number of rotatable bonds is 8. The molecule has 0 radical (unpaired) electrons. The average molecular weight is 288 g/mol. The second-order valence-electron chi connectivity index (χ2n) is 5.29. The lowest BCUT2D eigenvalue weighted by Crippen LogP contribution is -2.32. The van der Waals surface area contributed by atoms with E-state index >= 15 is 0 Å². The molecule has 0 amide bonds. The van der Waals surface area contributed by atoms with Gasteiger partial charge in [-0.15, -0.1) is 0 Å². The van der Waals surface area contributed by atoms with E-state index in [-0.39, 0.29) is 0 Å². The molecular weight excluding hydrogens is 260 g/mol. The van der Waals surface area contributed by atoms with Crippen LogP contribution in [0, 0.1) is 0 Å². The van der Waals surface area contributed by atoms with Crippen LogP contribution < -0.4 is 11.1 Å². The summed E-state index contributed by atoms with van der Waals surface area (Å²) in [6.07, 6.45) is 0. The van der Waals surface area contributed by atoms with Gasteiger partial charge in [0.25, 0.3) is 0 Å². The quantitative estimate of drug-likeness (QED) is 0.439. The SMILES string of the molecule is C=C(C)CNC(N)=NCc1cccc(CN(CC)CC)c1. The third kappa shape index (κ3) is 6.95. The number of aliphatic imine (C=N–C) groups is 1. The maximum atomic E-state index is 5.82. The van der Waals surface area contributed by atoms with Crippen molar-refractivity contribution in [3.63, 3.8) is 0 Å². The maximum Gasteiger partial charge on any atom is 0.189 e. The number of benzene rings is 1. The number of hydrogen-bond donors (Lipinski definition) is 2. The first kappa shape index (κ1) is 17.2. The molecule has 0 heterocycles. The fraction of sp³-hybridized carbons (Fsp3) is 0.471. The fourth-order valence-corrected chi connectivity index (χ4v) is 2.01. The van der Waals surface area contributed by atoms with Gasteiger partial charge in [0.05, 0.1) is 6.54 Å². The monoisotopic (exact) mass is 288 g/mol. The Morgan fingerprint density at radius 1 is 1.29 bits per heavy atom. The first-order valence-corrected chi connectivity index (χ1v) is 7.53. The molecule has 0 fully saturated rings. The van der Waals surface area contributed by atoms with Gasteiger partial charge in [-0.1, -0.05) is 50.3 Å². The van der Waals surface area contributed by atoms with E-state index in [1.54, 1.807) is 0 Å². The molecule has 4 nitrogen and oxygen atoms in total. The van der Waals surface area contributed by atoms with E-state index in [0.29, 0.717) is 19.0 Å². The van der Waals surface area contributed by atoms with Crippen LogP contribution in [0.15, 0.2) is 41.4 Å². The molecule has 0 saturated heterocycles. The van der Waals surface area contributed by atoms with Crippen molar-refractivity contribution >= 4 is 5.96 Å². The zero-order chi connectivity index (χ0) is 15.7. The van der Waals surface area contributed by atoms with Crippen LogP contribution in [0.3, 0.4) is 0 Å². The Morgan fingerprint density at radius 3 is 2.57 bits per heavy atom. The van der Waals surface area contributed by atoms with Crippen molar-refractivity contribution in [3.8, 4) is 0 Å². The smallest absolute Gasteiger partial charge is 0.189 e. The average Bonchev–Trinajstić information content (AvgIpc) is 2.49. The lowest BCUT2D eigenvalue weighted by Gasteiger charge is -2.18. The molecule has 21 heavy (non-hydrogen) atoms. The van der Waals surface area contributed by atoms with Gasteiger partial charge in [0, 0.05) is 13.1 Å². The molecule has 0 aliphatic rings. The third-order valence-electron chi connectivity index (χ3n) is 3.30. The van der Waals surface area contributed by atoms with Crippen LogP contribution in [-0.2, 0) is 13.1 Å². The van der Waals surface area contributed by atoms with Crippen molar-refractivity contribution in [2.45, 2.75) is 33.9 Å². The molecule has 0 aliphatic heterocycles. The van der Waals surface area contributed by atoms with E-state index in [1.165, 1.54) is 11.1 Å². The van der Waals surface area contributed by atoms with Crippen LogP contribution in [-0.4, -0.2) is 30.5 Å². The summed E-state index contributed by atoms with van der Waals surface area (Å²) in [6, 6.07) is 8.53. The molecule has 1 rings (SSSR count). The summed E-state index contributed by atoms with van der Waals surface area (Å²) in [5.41, 5.74) is 9.36. The number of guanidine groups is 1. The Hall–Kier alpha value is -1.81. The van der Waals surface area contributed by atoms with Crippen LogP contribution in [0.2, 0.25) is 0 Å². The predicted molar refractivity (Wildman–Crippen MR) is 91.2 cm³/mol. The molecule has 0 saturated carbocycles. The highest BCUT2D eigenvalue weighted by atomic mass is 15.1. The van der Waals surface area contributed by atoms with Crippen LogP contribution in [0.1, 0.15) is 31.9 Å². The lowest BCUT2D eigenvalue weighted by molar-refractivity contribution is 0.296. The van der Waals surface area contributed by atoms with Crippen LogP contribution >= 0.6 is 0 Å². The molecule has 0 atom stereocenters. The topological polar surface area (TPSA) is 53.6 Å². The Balaban J connectivity index is 2.59. The van der Waals surface area contributed by atoms with E-state index < -0.39 is 0 Å². The Labute approximate surface area is 128 Å². The zero-order valence-corrected chi connectivity index (χ0v) is 13.5. The van der Waals surface area contributed by atoms with Crippen LogP contribution in [0.25, 0.3) is 0 Å². The lowest BCUT2D eigenvalue weighted by atomic mass is 10.1. The molecule has 1 aromatic rings. The highest BCUT2D eigenvalue weighted by Crippen LogP contribution is 2.09. The zero-order valence-electron chi connectivity index (χ0n) is 13.5. The second-order valence-corrected chi connectivity index (χ2v) is 5.29. The van der Waals surface area contributed by atoms with Crippen molar-refractivity contribution < 1.29 is 0 Å². The van der Waals surface area contributed by atoms with Crippen LogP contribution in [0.4, 0.5) is 0 Å². The van der Waals surface area contributed by atoms with E-state index in [0.717, 1.165) is 25.2 Å². The highest BCUT2D eigenvalue weighted by molar-refractivity contribution is 5.78. The summed E-state index contributed by atoms with van der Waals surface area (Å²) in [7, 11) is 0. The fourth-order valence-electron chi connectivity index (χ4n) is 2.01.